The number of aromatic nitrogens is 1. The number of carbonyl (C=O) groups is 2. The predicted octanol–water partition coefficient (Wildman–Crippen LogP) is 4.00. The summed E-state index contributed by atoms with van der Waals surface area (Å²) in [6.07, 6.45) is 2.91. The highest BCUT2D eigenvalue weighted by molar-refractivity contribution is 5.98. The molecule has 4 rings (SSSR count). The molecule has 1 aliphatic rings. The van der Waals surface area contributed by atoms with Gasteiger partial charge in [0, 0.05) is 5.56 Å². The molecular weight excluding hydrogens is 368 g/mol. The third kappa shape index (κ3) is 4.06. The molecule has 29 heavy (non-hydrogen) atoms. The Kier molecular flexibility index (Phi) is 5.42. The first-order valence-corrected chi connectivity index (χ1v) is 9.69. The molecular formula is C23H22N2O4. The van der Waals surface area contributed by atoms with E-state index in [4.69, 9.17) is 9.26 Å². The van der Waals surface area contributed by atoms with Gasteiger partial charge in [-0.1, -0.05) is 59.8 Å². The molecule has 1 atom stereocenters. The first-order valence-electron chi connectivity index (χ1n) is 9.69. The van der Waals surface area contributed by atoms with E-state index in [0.29, 0.717) is 11.5 Å². The van der Waals surface area contributed by atoms with Gasteiger partial charge in [0.15, 0.2) is 6.61 Å². The molecule has 0 saturated heterocycles. The molecule has 0 aliphatic heterocycles. The third-order valence-corrected chi connectivity index (χ3v) is 5.15. The summed E-state index contributed by atoms with van der Waals surface area (Å²) >= 11 is 0. The average Bonchev–Trinajstić information content (AvgIpc) is 3.14. The Balaban J connectivity index is 1.41. The lowest BCUT2D eigenvalue weighted by atomic mass is 9.88. The number of nitrogens with zero attached hydrogens (tertiary/aromatic N) is 1. The van der Waals surface area contributed by atoms with Crippen LogP contribution in [-0.4, -0.2) is 23.6 Å². The molecule has 1 heterocycles. The minimum Gasteiger partial charge on any atom is -0.452 e. The van der Waals surface area contributed by atoms with Crippen molar-refractivity contribution >= 4 is 11.9 Å². The van der Waals surface area contributed by atoms with E-state index in [0.717, 1.165) is 30.4 Å². The van der Waals surface area contributed by atoms with Gasteiger partial charge in [-0.2, -0.15) is 0 Å². The van der Waals surface area contributed by atoms with Crippen LogP contribution in [0.5, 0.6) is 0 Å². The molecule has 6 heteroatoms. The lowest BCUT2D eigenvalue weighted by molar-refractivity contribution is -0.125. The van der Waals surface area contributed by atoms with E-state index in [1.54, 1.807) is 6.92 Å². The van der Waals surface area contributed by atoms with Gasteiger partial charge in [0.05, 0.1) is 6.04 Å². The van der Waals surface area contributed by atoms with E-state index < -0.39 is 5.97 Å². The van der Waals surface area contributed by atoms with Gasteiger partial charge >= 0.3 is 5.97 Å². The Morgan fingerprint density at radius 3 is 2.72 bits per heavy atom. The van der Waals surface area contributed by atoms with Gasteiger partial charge in [0.25, 0.3) is 5.91 Å². The average molecular weight is 390 g/mol. The number of esters is 1. The fourth-order valence-corrected chi connectivity index (χ4v) is 3.75. The first kappa shape index (κ1) is 18.9. The molecule has 0 spiro atoms. The van der Waals surface area contributed by atoms with Crippen LogP contribution >= 0.6 is 0 Å². The number of aryl methyl sites for hydroxylation is 2. The summed E-state index contributed by atoms with van der Waals surface area (Å²) in [4.78, 5) is 25.0. The number of carbonyl (C=O) groups excluding carboxylic acids is 2. The molecule has 0 fully saturated rings. The number of rotatable bonds is 5. The summed E-state index contributed by atoms with van der Waals surface area (Å²) in [5, 5.41) is 6.96. The van der Waals surface area contributed by atoms with Crippen molar-refractivity contribution in [2.24, 2.45) is 0 Å². The third-order valence-electron chi connectivity index (χ3n) is 5.15. The van der Waals surface area contributed by atoms with Crippen molar-refractivity contribution in [3.63, 3.8) is 0 Å². The van der Waals surface area contributed by atoms with Gasteiger partial charge in [0.2, 0.25) is 0 Å². The summed E-state index contributed by atoms with van der Waals surface area (Å²) in [7, 11) is 0. The lowest BCUT2D eigenvalue weighted by Gasteiger charge is -2.26. The number of hydrogen-bond donors (Lipinski definition) is 1. The summed E-state index contributed by atoms with van der Waals surface area (Å²) in [6, 6.07) is 17.3. The molecule has 6 nitrogen and oxygen atoms in total. The Bertz CT molecular complexity index is 1030. The van der Waals surface area contributed by atoms with E-state index >= 15 is 0 Å². The Morgan fingerprint density at radius 2 is 1.90 bits per heavy atom. The summed E-state index contributed by atoms with van der Waals surface area (Å²) in [5.41, 5.74) is 3.80. The van der Waals surface area contributed by atoms with Crippen molar-refractivity contribution in [3.8, 4) is 11.3 Å². The van der Waals surface area contributed by atoms with E-state index in [-0.39, 0.29) is 24.1 Å². The van der Waals surface area contributed by atoms with Crippen molar-refractivity contribution in [3.05, 3.63) is 77.0 Å². The Morgan fingerprint density at radius 1 is 1.14 bits per heavy atom. The molecule has 1 amide bonds. The maximum absolute atomic E-state index is 12.6. The molecule has 1 aromatic heterocycles. The monoisotopic (exact) mass is 390 g/mol. The second-order valence-electron chi connectivity index (χ2n) is 7.12. The number of nitrogens with one attached hydrogen (secondary N) is 1. The molecule has 3 aromatic rings. The quantitative estimate of drug-likeness (QED) is 0.666. The first-order chi connectivity index (χ1) is 14.1. The molecule has 148 valence electrons. The fraction of sp³-hybridized carbons (Fsp3) is 0.261. The van der Waals surface area contributed by atoms with Crippen LogP contribution in [0, 0.1) is 6.92 Å². The van der Waals surface area contributed by atoms with Crippen LogP contribution in [0.1, 0.15) is 46.1 Å². The van der Waals surface area contributed by atoms with Gasteiger partial charge in [-0.25, -0.2) is 4.79 Å². The lowest BCUT2D eigenvalue weighted by Crippen LogP contribution is -2.34. The number of hydrogen-bond acceptors (Lipinski definition) is 5. The molecule has 0 radical (unpaired) electrons. The van der Waals surface area contributed by atoms with E-state index in [1.165, 1.54) is 5.56 Å². The van der Waals surface area contributed by atoms with Crippen LogP contribution in [0.3, 0.4) is 0 Å². The van der Waals surface area contributed by atoms with Crippen LogP contribution in [-0.2, 0) is 16.0 Å². The zero-order valence-corrected chi connectivity index (χ0v) is 16.2. The maximum atomic E-state index is 12.6. The van der Waals surface area contributed by atoms with Gasteiger partial charge < -0.3 is 14.6 Å². The van der Waals surface area contributed by atoms with Crippen molar-refractivity contribution < 1.29 is 18.8 Å². The van der Waals surface area contributed by atoms with E-state index in [1.807, 2.05) is 48.5 Å². The van der Waals surface area contributed by atoms with Crippen molar-refractivity contribution in [1.29, 1.82) is 0 Å². The zero-order chi connectivity index (χ0) is 20.2. The van der Waals surface area contributed by atoms with Crippen LogP contribution < -0.4 is 5.32 Å². The van der Waals surface area contributed by atoms with E-state index in [9.17, 15) is 9.59 Å². The minimum atomic E-state index is -0.623. The van der Waals surface area contributed by atoms with Gasteiger partial charge in [-0.05, 0) is 37.3 Å². The van der Waals surface area contributed by atoms with Crippen molar-refractivity contribution in [1.82, 2.24) is 10.5 Å². The van der Waals surface area contributed by atoms with Crippen LogP contribution in [0.2, 0.25) is 0 Å². The highest BCUT2D eigenvalue weighted by Gasteiger charge is 2.25. The number of fused-ring (bicyclic) bond motifs is 1. The SMILES string of the molecule is Cc1onc(-c2ccccc2)c1C(=O)OCC(=O)N[C@@H]1CCCc2ccccc21. The van der Waals surface area contributed by atoms with Gasteiger partial charge in [0.1, 0.15) is 17.0 Å². The molecule has 0 unspecified atom stereocenters. The second-order valence-corrected chi connectivity index (χ2v) is 7.12. The molecule has 2 aromatic carbocycles. The second kappa shape index (κ2) is 8.31. The maximum Gasteiger partial charge on any atom is 0.344 e. The van der Waals surface area contributed by atoms with Gasteiger partial charge in [-0.3, -0.25) is 4.79 Å². The summed E-state index contributed by atoms with van der Waals surface area (Å²) < 4.78 is 10.5. The Labute approximate surface area is 168 Å². The Hall–Kier alpha value is -3.41. The number of amides is 1. The minimum absolute atomic E-state index is 0.0524. The summed E-state index contributed by atoms with van der Waals surface area (Å²) in [5.74, 6) is -0.590. The van der Waals surface area contributed by atoms with Crippen molar-refractivity contribution in [2.75, 3.05) is 6.61 Å². The highest BCUT2D eigenvalue weighted by Crippen LogP contribution is 2.29. The summed E-state index contributed by atoms with van der Waals surface area (Å²) in [6.45, 7) is 1.30. The number of benzene rings is 2. The topological polar surface area (TPSA) is 81.4 Å². The molecule has 1 aliphatic carbocycles. The number of ether oxygens (including phenoxy) is 1. The zero-order valence-electron chi connectivity index (χ0n) is 16.2. The van der Waals surface area contributed by atoms with E-state index in [2.05, 4.69) is 16.5 Å². The normalized spacial score (nSPS) is 15.4. The molecule has 1 N–H and O–H groups in total. The van der Waals surface area contributed by atoms with Crippen LogP contribution in [0.4, 0.5) is 0 Å². The highest BCUT2D eigenvalue weighted by atomic mass is 16.5. The van der Waals surface area contributed by atoms with Crippen LogP contribution in [0.15, 0.2) is 59.1 Å². The fourth-order valence-electron chi connectivity index (χ4n) is 3.75. The molecule has 0 saturated carbocycles. The molecule has 0 bridgehead atoms. The van der Waals surface area contributed by atoms with Gasteiger partial charge in [-0.15, -0.1) is 0 Å². The van der Waals surface area contributed by atoms with Crippen molar-refractivity contribution in [2.45, 2.75) is 32.2 Å². The smallest absolute Gasteiger partial charge is 0.344 e. The van der Waals surface area contributed by atoms with Crippen LogP contribution in [0.25, 0.3) is 11.3 Å². The predicted molar refractivity (Wildman–Crippen MR) is 107 cm³/mol. The largest absolute Gasteiger partial charge is 0.452 e. The standard InChI is InChI=1S/C23H22N2O4/c1-15-21(22(25-29-15)17-9-3-2-4-10-17)23(27)28-14-20(26)24-19-13-7-11-16-8-5-6-12-18(16)19/h2-6,8-10,12,19H,7,11,13-14H2,1H3,(H,24,26)/t19-/m1/s1.